The molecule has 4 heteroatoms. The maximum Gasteiger partial charge on any atom is 0.261 e. The highest BCUT2D eigenvalue weighted by molar-refractivity contribution is 7.14. The molecule has 0 aliphatic carbocycles. The second-order valence-electron chi connectivity index (χ2n) is 4.11. The van der Waals surface area contributed by atoms with E-state index in [-0.39, 0.29) is 5.91 Å². The number of rotatable bonds is 4. The van der Waals surface area contributed by atoms with Crippen LogP contribution >= 0.6 is 11.3 Å². The molecule has 2 heterocycles. The number of pyridine rings is 1. The number of aryl methyl sites for hydroxylation is 2. The van der Waals surface area contributed by atoms with Gasteiger partial charge in [0.1, 0.15) is 0 Å². The Morgan fingerprint density at radius 2 is 2.33 bits per heavy atom. The van der Waals surface area contributed by atoms with Gasteiger partial charge in [-0.3, -0.25) is 9.78 Å². The van der Waals surface area contributed by atoms with Crippen molar-refractivity contribution < 1.29 is 4.79 Å². The van der Waals surface area contributed by atoms with Gasteiger partial charge in [0.25, 0.3) is 5.91 Å². The number of nitrogens with zero attached hydrogens (tertiary/aromatic N) is 1. The van der Waals surface area contributed by atoms with Gasteiger partial charge in [0.2, 0.25) is 0 Å². The lowest BCUT2D eigenvalue weighted by Crippen LogP contribution is -2.21. The van der Waals surface area contributed by atoms with Crippen LogP contribution in [0.1, 0.15) is 32.6 Å². The smallest absolute Gasteiger partial charge is 0.261 e. The van der Waals surface area contributed by atoms with E-state index >= 15 is 0 Å². The Bertz CT molecular complexity index is 534. The van der Waals surface area contributed by atoms with Gasteiger partial charge in [-0.05, 0) is 36.6 Å². The van der Waals surface area contributed by atoms with Crippen LogP contribution in [-0.4, -0.2) is 10.9 Å². The first-order valence-electron chi connectivity index (χ1n) is 5.97. The summed E-state index contributed by atoms with van der Waals surface area (Å²) >= 11 is 1.58. The molecule has 0 saturated heterocycles. The molecule has 94 valence electrons. The summed E-state index contributed by atoms with van der Waals surface area (Å²) in [6.45, 7) is 4.68. The van der Waals surface area contributed by atoms with Gasteiger partial charge in [0, 0.05) is 23.8 Å². The lowest BCUT2D eigenvalue weighted by atomic mass is 10.2. The van der Waals surface area contributed by atoms with Gasteiger partial charge >= 0.3 is 0 Å². The summed E-state index contributed by atoms with van der Waals surface area (Å²) in [7, 11) is 0. The fourth-order valence-corrected chi connectivity index (χ4v) is 2.79. The molecule has 0 aromatic carbocycles. The van der Waals surface area contributed by atoms with Crippen LogP contribution in [0.2, 0.25) is 0 Å². The molecule has 2 aromatic rings. The highest BCUT2D eigenvalue weighted by Crippen LogP contribution is 2.22. The van der Waals surface area contributed by atoms with Crippen molar-refractivity contribution in [1.82, 2.24) is 10.3 Å². The van der Waals surface area contributed by atoms with Crippen molar-refractivity contribution >= 4 is 17.2 Å². The van der Waals surface area contributed by atoms with Gasteiger partial charge in [0.05, 0.1) is 4.88 Å². The van der Waals surface area contributed by atoms with Crippen LogP contribution in [0.15, 0.2) is 30.6 Å². The van der Waals surface area contributed by atoms with E-state index in [0.717, 1.165) is 16.9 Å². The molecule has 1 N–H and O–H groups in total. The molecule has 2 rings (SSSR count). The first-order valence-corrected chi connectivity index (χ1v) is 6.78. The third kappa shape index (κ3) is 2.96. The minimum atomic E-state index is -0.00773. The van der Waals surface area contributed by atoms with Crippen LogP contribution in [0.4, 0.5) is 0 Å². The zero-order valence-corrected chi connectivity index (χ0v) is 11.4. The summed E-state index contributed by atoms with van der Waals surface area (Å²) in [5.41, 5.74) is 2.21. The molecule has 0 unspecified atom stereocenters. The Morgan fingerprint density at radius 3 is 2.94 bits per heavy atom. The maximum atomic E-state index is 12.0. The predicted octanol–water partition coefficient (Wildman–Crippen LogP) is 2.94. The second-order valence-corrected chi connectivity index (χ2v) is 5.25. The summed E-state index contributed by atoms with van der Waals surface area (Å²) < 4.78 is 0. The third-order valence-electron chi connectivity index (χ3n) is 2.74. The average molecular weight is 260 g/mol. The molecule has 2 aromatic heterocycles. The van der Waals surface area contributed by atoms with E-state index < -0.39 is 0 Å². The Kier molecular flexibility index (Phi) is 4.10. The van der Waals surface area contributed by atoms with E-state index in [1.807, 2.05) is 25.1 Å². The highest BCUT2D eigenvalue weighted by Gasteiger charge is 2.11. The van der Waals surface area contributed by atoms with E-state index in [4.69, 9.17) is 0 Å². The van der Waals surface area contributed by atoms with Gasteiger partial charge in [0.15, 0.2) is 0 Å². The summed E-state index contributed by atoms with van der Waals surface area (Å²) in [4.78, 5) is 18.1. The van der Waals surface area contributed by atoms with Crippen LogP contribution in [0, 0.1) is 6.92 Å². The number of thiophene rings is 1. The molecule has 0 aliphatic rings. The lowest BCUT2D eigenvalue weighted by Gasteiger charge is -2.02. The topological polar surface area (TPSA) is 42.0 Å². The van der Waals surface area contributed by atoms with Crippen molar-refractivity contribution in [2.45, 2.75) is 26.8 Å². The zero-order chi connectivity index (χ0) is 13.0. The summed E-state index contributed by atoms with van der Waals surface area (Å²) in [6.07, 6.45) is 4.46. The average Bonchev–Trinajstić information content (AvgIpc) is 2.78. The van der Waals surface area contributed by atoms with Crippen LogP contribution < -0.4 is 5.32 Å². The number of carbonyl (C=O) groups excluding carboxylic acids is 1. The molecule has 0 fully saturated rings. The molecule has 0 aliphatic heterocycles. The fraction of sp³-hybridized carbons (Fsp3) is 0.286. The van der Waals surface area contributed by atoms with Crippen molar-refractivity contribution in [1.29, 1.82) is 0 Å². The number of aromatic nitrogens is 1. The minimum Gasteiger partial charge on any atom is -0.347 e. The molecule has 0 bridgehead atoms. The second kappa shape index (κ2) is 5.78. The molecular weight excluding hydrogens is 244 g/mol. The molecule has 18 heavy (non-hydrogen) atoms. The highest BCUT2D eigenvalue weighted by atomic mass is 32.1. The van der Waals surface area contributed by atoms with Gasteiger partial charge in [-0.2, -0.15) is 0 Å². The van der Waals surface area contributed by atoms with E-state index in [1.54, 1.807) is 23.7 Å². The van der Waals surface area contributed by atoms with Gasteiger partial charge in [-0.1, -0.05) is 13.0 Å². The molecule has 1 amide bonds. The number of hydrogen-bond donors (Lipinski definition) is 1. The van der Waals surface area contributed by atoms with E-state index in [2.05, 4.69) is 17.2 Å². The fourth-order valence-electron chi connectivity index (χ4n) is 1.75. The third-order valence-corrected chi connectivity index (χ3v) is 4.12. The molecule has 3 nitrogen and oxygen atoms in total. The van der Waals surface area contributed by atoms with Crippen molar-refractivity contribution in [3.05, 3.63) is 51.5 Å². The van der Waals surface area contributed by atoms with Gasteiger partial charge < -0.3 is 5.32 Å². The monoisotopic (exact) mass is 260 g/mol. The first-order chi connectivity index (χ1) is 8.70. The Morgan fingerprint density at radius 1 is 1.50 bits per heavy atom. The molecular formula is C14H16N2OS. The van der Waals surface area contributed by atoms with E-state index in [9.17, 15) is 4.79 Å². The maximum absolute atomic E-state index is 12.0. The van der Waals surface area contributed by atoms with Crippen molar-refractivity contribution in [3.63, 3.8) is 0 Å². The molecule has 0 spiro atoms. The number of carbonyl (C=O) groups is 1. The normalized spacial score (nSPS) is 10.3. The minimum absolute atomic E-state index is 0.00773. The number of hydrogen-bond acceptors (Lipinski definition) is 3. The van der Waals surface area contributed by atoms with E-state index in [1.165, 1.54) is 10.4 Å². The Hall–Kier alpha value is -1.68. The molecule has 0 radical (unpaired) electrons. The molecule has 0 saturated carbocycles. The van der Waals surface area contributed by atoms with E-state index in [0.29, 0.717) is 6.54 Å². The van der Waals surface area contributed by atoms with Crippen molar-refractivity contribution in [3.8, 4) is 0 Å². The Labute approximate surface area is 111 Å². The standard InChI is InChI=1S/C14H16N2OS/c1-3-12-10(2)7-13(18-12)14(17)16-9-11-5-4-6-15-8-11/h4-8H,3,9H2,1-2H3,(H,16,17). The van der Waals surface area contributed by atoms with Crippen LogP contribution in [0.25, 0.3) is 0 Å². The van der Waals surface area contributed by atoms with Gasteiger partial charge in [-0.25, -0.2) is 0 Å². The van der Waals surface area contributed by atoms with Crippen LogP contribution in [-0.2, 0) is 13.0 Å². The largest absolute Gasteiger partial charge is 0.347 e. The summed E-state index contributed by atoms with van der Waals surface area (Å²) in [6, 6.07) is 5.78. The number of amides is 1. The number of nitrogens with one attached hydrogen (secondary N) is 1. The predicted molar refractivity (Wildman–Crippen MR) is 73.8 cm³/mol. The molecule has 0 atom stereocenters. The lowest BCUT2D eigenvalue weighted by molar-refractivity contribution is 0.0955. The summed E-state index contributed by atoms with van der Waals surface area (Å²) in [5, 5.41) is 2.91. The first kappa shape index (κ1) is 12.8. The van der Waals surface area contributed by atoms with Crippen molar-refractivity contribution in [2.75, 3.05) is 0 Å². The van der Waals surface area contributed by atoms with Crippen molar-refractivity contribution in [2.24, 2.45) is 0 Å². The SMILES string of the molecule is CCc1sc(C(=O)NCc2cccnc2)cc1C. The summed E-state index contributed by atoms with van der Waals surface area (Å²) in [5.74, 6) is -0.00773. The quantitative estimate of drug-likeness (QED) is 0.918. The zero-order valence-electron chi connectivity index (χ0n) is 10.6. The van der Waals surface area contributed by atoms with Gasteiger partial charge in [-0.15, -0.1) is 11.3 Å². The van der Waals surface area contributed by atoms with Crippen LogP contribution in [0.3, 0.4) is 0 Å². The Balaban J connectivity index is 1.99. The van der Waals surface area contributed by atoms with Crippen LogP contribution in [0.5, 0.6) is 0 Å².